The van der Waals surface area contributed by atoms with E-state index in [1.165, 1.54) is 11.1 Å². The smallest absolute Gasteiger partial charge is 0.0829 e. The molecule has 176 valence electrons. The Morgan fingerprint density at radius 1 is 1.16 bits per heavy atom. The third kappa shape index (κ3) is 5.19. The number of aliphatic hydroxyl groups excluding tert-OH is 3. The van der Waals surface area contributed by atoms with Gasteiger partial charge in [0.2, 0.25) is 0 Å². The molecule has 0 aromatic rings. The van der Waals surface area contributed by atoms with Crippen LogP contribution in [0.5, 0.6) is 0 Å². The zero-order valence-electron chi connectivity index (χ0n) is 20.0. The van der Waals surface area contributed by atoms with E-state index in [-0.39, 0.29) is 29.8 Å². The lowest BCUT2D eigenvalue weighted by molar-refractivity contribution is -0.109. The maximum absolute atomic E-state index is 11.5. The predicted octanol–water partition coefficient (Wildman–Crippen LogP) is 4.68. The van der Waals surface area contributed by atoms with Gasteiger partial charge in [0.1, 0.15) is 0 Å². The molecular weight excluding hydrogens is 388 g/mol. The van der Waals surface area contributed by atoms with E-state index < -0.39 is 17.8 Å². The number of fused-ring (bicyclic) bond motifs is 1. The Labute approximate surface area is 188 Å². The van der Waals surface area contributed by atoms with Crippen molar-refractivity contribution >= 4 is 0 Å². The molecule has 0 amide bonds. The van der Waals surface area contributed by atoms with E-state index in [0.717, 1.165) is 50.5 Å². The molecule has 7 atom stereocenters. The lowest BCUT2D eigenvalue weighted by Gasteiger charge is -2.48. The molecule has 4 N–H and O–H groups in total. The second-order valence-corrected chi connectivity index (χ2v) is 11.3. The number of hydrogen-bond acceptors (Lipinski definition) is 4. The molecule has 0 spiro atoms. The normalized spacial score (nSPS) is 38.4. The average molecular weight is 433 g/mol. The number of rotatable bonds is 6. The zero-order chi connectivity index (χ0) is 23.0. The Morgan fingerprint density at radius 2 is 1.87 bits per heavy atom. The van der Waals surface area contributed by atoms with Gasteiger partial charge in [-0.15, -0.1) is 0 Å². The van der Waals surface area contributed by atoms with Crippen molar-refractivity contribution in [3.63, 3.8) is 0 Å². The molecular formula is C27H44O4. The van der Waals surface area contributed by atoms with Crippen LogP contribution in [-0.2, 0) is 0 Å². The molecule has 0 heterocycles. The van der Waals surface area contributed by atoms with Gasteiger partial charge in [-0.2, -0.15) is 0 Å². The van der Waals surface area contributed by atoms with E-state index in [9.17, 15) is 20.4 Å². The summed E-state index contributed by atoms with van der Waals surface area (Å²) < 4.78 is 0. The molecule has 3 aliphatic rings. The fourth-order valence-electron chi connectivity index (χ4n) is 6.79. The van der Waals surface area contributed by atoms with E-state index >= 15 is 0 Å². The summed E-state index contributed by atoms with van der Waals surface area (Å²) in [5.74, 6) is 0.494. The average Bonchev–Trinajstić information content (AvgIpc) is 3.06. The van der Waals surface area contributed by atoms with E-state index in [4.69, 9.17) is 0 Å². The van der Waals surface area contributed by atoms with Crippen LogP contribution in [0.4, 0.5) is 0 Å². The highest BCUT2D eigenvalue weighted by molar-refractivity contribution is 5.36. The minimum absolute atomic E-state index is 0.00230. The molecule has 0 bridgehead atoms. The monoisotopic (exact) mass is 432 g/mol. The lowest BCUT2D eigenvalue weighted by atomic mass is 9.59. The van der Waals surface area contributed by atoms with Gasteiger partial charge in [-0.25, -0.2) is 0 Å². The van der Waals surface area contributed by atoms with Crippen LogP contribution in [0.25, 0.3) is 0 Å². The first-order valence-electron chi connectivity index (χ1n) is 12.3. The van der Waals surface area contributed by atoms with Crippen LogP contribution in [0, 0.1) is 23.2 Å². The van der Waals surface area contributed by atoms with Crippen molar-refractivity contribution in [2.24, 2.45) is 23.2 Å². The van der Waals surface area contributed by atoms with Crippen LogP contribution in [0.2, 0.25) is 0 Å². The molecule has 31 heavy (non-hydrogen) atoms. The highest BCUT2D eigenvalue weighted by Gasteiger charge is 2.55. The predicted molar refractivity (Wildman–Crippen MR) is 125 cm³/mol. The van der Waals surface area contributed by atoms with Crippen LogP contribution in [0.3, 0.4) is 0 Å². The van der Waals surface area contributed by atoms with Crippen LogP contribution in [0.15, 0.2) is 35.5 Å². The quantitative estimate of drug-likeness (QED) is 0.491. The van der Waals surface area contributed by atoms with Crippen molar-refractivity contribution in [1.82, 2.24) is 0 Å². The maximum atomic E-state index is 11.5. The van der Waals surface area contributed by atoms with Gasteiger partial charge in [0.25, 0.3) is 0 Å². The summed E-state index contributed by atoms with van der Waals surface area (Å²) in [5, 5.41) is 42.3. The first-order valence-corrected chi connectivity index (χ1v) is 12.3. The van der Waals surface area contributed by atoms with Crippen LogP contribution in [0.1, 0.15) is 85.5 Å². The van der Waals surface area contributed by atoms with Crippen molar-refractivity contribution in [3.8, 4) is 0 Å². The Balaban J connectivity index is 1.78. The summed E-state index contributed by atoms with van der Waals surface area (Å²) in [6, 6.07) is 0. The van der Waals surface area contributed by atoms with Gasteiger partial charge >= 0.3 is 0 Å². The molecule has 0 saturated heterocycles. The summed E-state index contributed by atoms with van der Waals surface area (Å²) in [6.45, 7) is 12.1. The van der Waals surface area contributed by atoms with E-state index in [1.807, 2.05) is 20.8 Å². The molecule has 3 aliphatic carbocycles. The molecule has 4 nitrogen and oxygen atoms in total. The van der Waals surface area contributed by atoms with Crippen molar-refractivity contribution in [1.29, 1.82) is 0 Å². The molecule has 0 radical (unpaired) electrons. The van der Waals surface area contributed by atoms with Gasteiger partial charge < -0.3 is 20.4 Å². The molecule has 3 fully saturated rings. The van der Waals surface area contributed by atoms with Gasteiger partial charge in [-0.1, -0.05) is 50.6 Å². The summed E-state index contributed by atoms with van der Waals surface area (Å²) in [4.78, 5) is 0. The van der Waals surface area contributed by atoms with Gasteiger partial charge in [0, 0.05) is 6.42 Å². The minimum Gasteiger partial charge on any atom is -0.393 e. The molecule has 3 saturated carbocycles. The van der Waals surface area contributed by atoms with Crippen LogP contribution >= 0.6 is 0 Å². The van der Waals surface area contributed by atoms with Gasteiger partial charge in [-0.3, -0.25) is 0 Å². The Hall–Kier alpha value is -0.940. The standard InChI is InChI=1S/C27H44O4/c1-17(2)25(30)23(29)16-27(5,31)24-13-12-22-19(7-6-14-26(22,24)4)9-10-20-15-21(28)11-8-18(20)3/h9-10,17,21-25,28-31H,3,6-8,11-16H2,1-2,4-5H3/b19-9?,20-10-/t21-,22?,23?,24-,25?,26-,27-/m0/s1. The first-order chi connectivity index (χ1) is 14.5. The van der Waals surface area contributed by atoms with Gasteiger partial charge in [-0.05, 0) is 87.0 Å². The third-order valence-corrected chi connectivity index (χ3v) is 8.60. The van der Waals surface area contributed by atoms with E-state index in [2.05, 4.69) is 25.7 Å². The van der Waals surface area contributed by atoms with Gasteiger partial charge in [0.15, 0.2) is 0 Å². The SMILES string of the molecule is C=C1CC[C@H](O)C/C1=C/C=C1CCC[C@@]2(C)C1CC[C@@H]2[C@@](C)(O)CC(O)C(O)C(C)C. The fourth-order valence-corrected chi connectivity index (χ4v) is 6.79. The molecule has 0 aromatic heterocycles. The second-order valence-electron chi connectivity index (χ2n) is 11.3. The highest BCUT2D eigenvalue weighted by atomic mass is 16.3. The molecule has 3 unspecified atom stereocenters. The fraction of sp³-hybridized carbons (Fsp3) is 0.778. The van der Waals surface area contributed by atoms with Crippen LogP contribution < -0.4 is 0 Å². The molecule has 0 aliphatic heterocycles. The maximum Gasteiger partial charge on any atom is 0.0829 e. The summed E-state index contributed by atoms with van der Waals surface area (Å²) in [7, 11) is 0. The number of aliphatic hydroxyl groups is 4. The van der Waals surface area contributed by atoms with Crippen molar-refractivity contribution in [2.75, 3.05) is 0 Å². The van der Waals surface area contributed by atoms with Crippen molar-refractivity contribution in [3.05, 3.63) is 35.5 Å². The van der Waals surface area contributed by atoms with E-state index in [1.54, 1.807) is 0 Å². The molecule has 0 aromatic carbocycles. The summed E-state index contributed by atoms with van der Waals surface area (Å²) in [5.41, 5.74) is 2.76. The van der Waals surface area contributed by atoms with Crippen molar-refractivity contribution in [2.45, 2.75) is 109 Å². The third-order valence-electron chi connectivity index (χ3n) is 8.60. The summed E-state index contributed by atoms with van der Waals surface area (Å²) in [6.07, 6.45) is 10.3. The second kappa shape index (κ2) is 9.51. The minimum atomic E-state index is -1.01. The first kappa shape index (κ1) is 24.7. The summed E-state index contributed by atoms with van der Waals surface area (Å²) >= 11 is 0. The molecule has 3 rings (SSSR count). The Kier molecular flexibility index (Phi) is 7.57. The number of hydrogen-bond donors (Lipinski definition) is 4. The zero-order valence-corrected chi connectivity index (χ0v) is 20.0. The lowest BCUT2D eigenvalue weighted by Crippen LogP contribution is -2.48. The van der Waals surface area contributed by atoms with Crippen molar-refractivity contribution < 1.29 is 20.4 Å². The topological polar surface area (TPSA) is 80.9 Å². The van der Waals surface area contributed by atoms with Crippen LogP contribution in [-0.4, -0.2) is 44.3 Å². The number of allylic oxidation sites excluding steroid dienone is 4. The largest absolute Gasteiger partial charge is 0.393 e. The Morgan fingerprint density at radius 3 is 2.55 bits per heavy atom. The Bertz CT molecular complexity index is 719. The van der Waals surface area contributed by atoms with Gasteiger partial charge in [0.05, 0.1) is 23.9 Å². The molecule has 4 heteroatoms. The highest BCUT2D eigenvalue weighted by Crippen LogP contribution is 2.60. The van der Waals surface area contributed by atoms with E-state index in [0.29, 0.717) is 12.3 Å².